The summed E-state index contributed by atoms with van der Waals surface area (Å²) in [5.41, 5.74) is 0. The van der Waals surface area contributed by atoms with Gasteiger partial charge in [0, 0.05) is 18.3 Å². The second-order valence-electron chi connectivity index (χ2n) is 4.09. The Hall–Kier alpha value is -0.550. The molecule has 0 spiro atoms. The third-order valence-corrected chi connectivity index (χ3v) is 3.25. The fraction of sp³-hybridized carbons (Fsp3) is 0.818. The summed E-state index contributed by atoms with van der Waals surface area (Å²) in [5.74, 6) is 3.04. The van der Waals surface area contributed by atoms with Gasteiger partial charge in [-0.3, -0.25) is 4.68 Å². The molecule has 1 heterocycles. The van der Waals surface area contributed by atoms with E-state index in [1.807, 2.05) is 30.3 Å². The lowest BCUT2D eigenvalue weighted by Gasteiger charge is -2.12. The van der Waals surface area contributed by atoms with Crippen LogP contribution in [-0.4, -0.2) is 39.4 Å². The van der Waals surface area contributed by atoms with Crippen LogP contribution < -0.4 is 5.32 Å². The number of hydrogen-bond acceptors (Lipinski definition) is 4. The average Bonchev–Trinajstić information content (AvgIpc) is 2.53. The van der Waals surface area contributed by atoms with Crippen molar-refractivity contribution in [2.45, 2.75) is 39.8 Å². The van der Waals surface area contributed by atoms with E-state index in [1.165, 1.54) is 5.75 Å². The molecular weight excluding hydrogens is 220 g/mol. The summed E-state index contributed by atoms with van der Waals surface area (Å²) in [7, 11) is 0. The van der Waals surface area contributed by atoms with Gasteiger partial charge >= 0.3 is 0 Å². The van der Waals surface area contributed by atoms with Crippen LogP contribution in [-0.2, 0) is 6.54 Å². The van der Waals surface area contributed by atoms with E-state index in [0.29, 0.717) is 6.04 Å². The highest BCUT2D eigenvalue weighted by atomic mass is 32.2. The monoisotopic (exact) mass is 242 g/mol. The SMILES string of the molecule is CSC[C@@H](C)NCCCn1nc(C)nc1C. The summed E-state index contributed by atoms with van der Waals surface area (Å²) in [4.78, 5) is 4.28. The van der Waals surface area contributed by atoms with E-state index in [2.05, 4.69) is 28.6 Å². The molecule has 0 amide bonds. The highest BCUT2D eigenvalue weighted by molar-refractivity contribution is 7.98. The summed E-state index contributed by atoms with van der Waals surface area (Å²) >= 11 is 1.88. The van der Waals surface area contributed by atoms with Crippen LogP contribution >= 0.6 is 11.8 Å². The van der Waals surface area contributed by atoms with Crippen molar-refractivity contribution in [1.29, 1.82) is 0 Å². The minimum absolute atomic E-state index is 0.591. The first-order valence-electron chi connectivity index (χ1n) is 5.74. The van der Waals surface area contributed by atoms with Crippen molar-refractivity contribution in [3.8, 4) is 0 Å². The molecule has 0 aliphatic carbocycles. The van der Waals surface area contributed by atoms with Crippen LogP contribution in [0.3, 0.4) is 0 Å². The number of aryl methyl sites for hydroxylation is 3. The number of aromatic nitrogens is 3. The molecule has 0 aliphatic heterocycles. The Labute approximate surface area is 102 Å². The minimum Gasteiger partial charge on any atom is -0.313 e. The zero-order valence-corrected chi connectivity index (χ0v) is 11.5. The van der Waals surface area contributed by atoms with E-state index in [9.17, 15) is 0 Å². The molecule has 0 aromatic carbocycles. The van der Waals surface area contributed by atoms with Gasteiger partial charge < -0.3 is 5.32 Å². The van der Waals surface area contributed by atoms with Gasteiger partial charge in [-0.05, 0) is 40.0 Å². The predicted octanol–water partition coefficient (Wildman–Crippen LogP) is 1.63. The standard InChI is InChI=1S/C11H22N4S/c1-9(8-16-4)12-6-5-7-15-11(3)13-10(2)14-15/h9,12H,5-8H2,1-4H3/t9-/m1/s1. The lowest BCUT2D eigenvalue weighted by molar-refractivity contribution is 0.508. The molecule has 1 atom stereocenters. The van der Waals surface area contributed by atoms with Gasteiger partial charge in [0.1, 0.15) is 11.6 Å². The first-order chi connectivity index (χ1) is 7.63. The maximum atomic E-state index is 4.34. The van der Waals surface area contributed by atoms with Crippen molar-refractivity contribution in [3.05, 3.63) is 11.6 Å². The lowest BCUT2D eigenvalue weighted by atomic mass is 10.3. The molecule has 0 unspecified atom stereocenters. The first kappa shape index (κ1) is 13.5. The van der Waals surface area contributed by atoms with E-state index in [-0.39, 0.29) is 0 Å². The fourth-order valence-corrected chi connectivity index (χ4v) is 2.28. The summed E-state index contributed by atoms with van der Waals surface area (Å²) < 4.78 is 1.98. The summed E-state index contributed by atoms with van der Waals surface area (Å²) in [6, 6.07) is 0.591. The Morgan fingerprint density at radius 3 is 2.75 bits per heavy atom. The highest BCUT2D eigenvalue weighted by Gasteiger charge is 2.02. The van der Waals surface area contributed by atoms with Gasteiger partial charge in [0.15, 0.2) is 0 Å². The normalized spacial score (nSPS) is 13.0. The third kappa shape index (κ3) is 4.53. The molecule has 4 nitrogen and oxygen atoms in total. The van der Waals surface area contributed by atoms with Gasteiger partial charge in [0.05, 0.1) is 0 Å². The molecule has 1 aromatic heterocycles. The Kier molecular flexibility index (Phi) is 5.84. The maximum Gasteiger partial charge on any atom is 0.147 e. The van der Waals surface area contributed by atoms with E-state index in [1.54, 1.807) is 0 Å². The van der Waals surface area contributed by atoms with E-state index < -0.39 is 0 Å². The number of thioether (sulfide) groups is 1. The number of hydrogen-bond donors (Lipinski definition) is 1. The molecule has 0 aliphatic rings. The van der Waals surface area contributed by atoms with Crippen LogP contribution in [0.1, 0.15) is 25.0 Å². The van der Waals surface area contributed by atoms with Gasteiger partial charge in [-0.25, -0.2) is 4.98 Å². The summed E-state index contributed by atoms with van der Waals surface area (Å²) in [6.07, 6.45) is 3.24. The highest BCUT2D eigenvalue weighted by Crippen LogP contribution is 1.98. The molecule has 1 aromatic rings. The zero-order valence-electron chi connectivity index (χ0n) is 10.7. The molecule has 0 saturated carbocycles. The lowest BCUT2D eigenvalue weighted by Crippen LogP contribution is -2.29. The van der Waals surface area contributed by atoms with Crippen LogP contribution in [0, 0.1) is 13.8 Å². The van der Waals surface area contributed by atoms with Gasteiger partial charge in [0.25, 0.3) is 0 Å². The van der Waals surface area contributed by atoms with Crippen LogP contribution in [0.5, 0.6) is 0 Å². The molecule has 1 N–H and O–H groups in total. The van der Waals surface area contributed by atoms with Crippen molar-refractivity contribution in [2.75, 3.05) is 18.6 Å². The van der Waals surface area contributed by atoms with Gasteiger partial charge in [0.2, 0.25) is 0 Å². The van der Waals surface area contributed by atoms with Crippen molar-refractivity contribution >= 4 is 11.8 Å². The molecule has 0 saturated heterocycles. The van der Waals surface area contributed by atoms with Crippen LogP contribution in [0.25, 0.3) is 0 Å². The molecule has 0 fully saturated rings. The second-order valence-corrected chi connectivity index (χ2v) is 5.00. The molecule has 0 radical (unpaired) electrons. The van der Waals surface area contributed by atoms with Crippen LogP contribution in [0.4, 0.5) is 0 Å². The third-order valence-electron chi connectivity index (χ3n) is 2.42. The fourth-order valence-electron chi connectivity index (χ4n) is 1.66. The number of rotatable bonds is 7. The summed E-state index contributed by atoms with van der Waals surface area (Å²) in [6.45, 7) is 8.15. The molecule has 92 valence electrons. The number of nitrogens with zero attached hydrogens (tertiary/aromatic N) is 3. The Bertz CT molecular complexity index is 311. The van der Waals surface area contributed by atoms with Gasteiger partial charge in [-0.1, -0.05) is 0 Å². The average molecular weight is 242 g/mol. The van der Waals surface area contributed by atoms with Crippen LogP contribution in [0.2, 0.25) is 0 Å². The first-order valence-corrected chi connectivity index (χ1v) is 7.13. The van der Waals surface area contributed by atoms with Gasteiger partial charge in [-0.2, -0.15) is 16.9 Å². The number of nitrogens with one attached hydrogen (secondary N) is 1. The second kappa shape index (κ2) is 6.91. The van der Waals surface area contributed by atoms with E-state index >= 15 is 0 Å². The van der Waals surface area contributed by atoms with Crippen molar-refractivity contribution < 1.29 is 0 Å². The van der Waals surface area contributed by atoms with Crippen molar-refractivity contribution in [2.24, 2.45) is 0 Å². The Morgan fingerprint density at radius 1 is 1.44 bits per heavy atom. The smallest absolute Gasteiger partial charge is 0.147 e. The Morgan fingerprint density at radius 2 is 2.19 bits per heavy atom. The van der Waals surface area contributed by atoms with Crippen LogP contribution in [0.15, 0.2) is 0 Å². The van der Waals surface area contributed by atoms with E-state index in [0.717, 1.165) is 31.2 Å². The van der Waals surface area contributed by atoms with Crippen molar-refractivity contribution in [3.63, 3.8) is 0 Å². The van der Waals surface area contributed by atoms with E-state index in [4.69, 9.17) is 0 Å². The Balaban J connectivity index is 2.18. The maximum absolute atomic E-state index is 4.34. The van der Waals surface area contributed by atoms with Gasteiger partial charge in [-0.15, -0.1) is 0 Å². The molecule has 5 heteroatoms. The topological polar surface area (TPSA) is 42.7 Å². The molecule has 0 bridgehead atoms. The molecule has 16 heavy (non-hydrogen) atoms. The predicted molar refractivity (Wildman–Crippen MR) is 70.0 cm³/mol. The summed E-state index contributed by atoms with van der Waals surface area (Å²) in [5, 5.41) is 7.83. The molecule has 1 rings (SSSR count). The quantitative estimate of drug-likeness (QED) is 0.738. The van der Waals surface area contributed by atoms with Crippen molar-refractivity contribution in [1.82, 2.24) is 20.1 Å². The largest absolute Gasteiger partial charge is 0.313 e. The molecular formula is C11H22N4S. The zero-order chi connectivity index (χ0) is 12.0. The minimum atomic E-state index is 0.591.